The highest BCUT2D eigenvalue weighted by molar-refractivity contribution is 5.87. The van der Waals surface area contributed by atoms with Crippen LogP contribution in [0, 0.1) is 17.3 Å². The normalized spacial score (nSPS) is 25.9. The van der Waals surface area contributed by atoms with Gasteiger partial charge in [-0.05, 0) is 105 Å². The molecule has 8 heteroatoms. The molecule has 38 heavy (non-hydrogen) atoms. The van der Waals surface area contributed by atoms with E-state index >= 15 is 0 Å². The smallest absolute Gasteiger partial charge is 0.381 e. The van der Waals surface area contributed by atoms with Crippen LogP contribution in [0.2, 0.25) is 0 Å². The molecule has 2 aromatic rings. The van der Waals surface area contributed by atoms with Crippen LogP contribution in [0.25, 0.3) is 10.9 Å². The van der Waals surface area contributed by atoms with E-state index in [4.69, 9.17) is 4.74 Å². The molecule has 2 N–H and O–H groups in total. The molecule has 3 aliphatic rings. The number of ether oxygens (including phenoxy) is 1. The molecule has 1 aromatic heterocycles. The second-order valence-electron chi connectivity index (χ2n) is 11.6. The lowest BCUT2D eigenvalue weighted by molar-refractivity contribution is -0.127. The number of benzene rings is 1. The first-order chi connectivity index (χ1) is 18.2. The molecule has 2 unspecified atom stereocenters. The third kappa shape index (κ3) is 5.96. The van der Waals surface area contributed by atoms with Crippen LogP contribution in [0.3, 0.4) is 0 Å². The lowest BCUT2D eigenvalue weighted by atomic mass is 9.68. The maximum absolute atomic E-state index is 13.1. The Kier molecular flexibility index (Phi) is 7.92. The minimum atomic E-state index is -4.21. The number of allylic oxidation sites excluding steroid dienone is 1. The van der Waals surface area contributed by atoms with Crippen molar-refractivity contribution in [3.05, 3.63) is 47.2 Å². The molecular weight excluding hydrogens is 491 g/mol. The quantitative estimate of drug-likeness (QED) is 0.448. The zero-order valence-electron chi connectivity index (χ0n) is 22.5. The lowest BCUT2D eigenvalue weighted by Crippen LogP contribution is -2.46. The fourth-order valence-electron chi connectivity index (χ4n) is 7.08. The topological polar surface area (TPSA) is 57.4 Å². The van der Waals surface area contributed by atoms with Gasteiger partial charge in [0.1, 0.15) is 0 Å². The van der Waals surface area contributed by atoms with Crippen LogP contribution >= 0.6 is 0 Å². The van der Waals surface area contributed by atoms with Crippen molar-refractivity contribution in [2.75, 3.05) is 39.4 Å². The average molecular weight is 532 g/mol. The van der Waals surface area contributed by atoms with Gasteiger partial charge in [-0.15, -0.1) is 0 Å². The van der Waals surface area contributed by atoms with Gasteiger partial charge in [-0.3, -0.25) is 4.79 Å². The molecular formula is C30H40F3N3O2. The van der Waals surface area contributed by atoms with Crippen LogP contribution in [0.5, 0.6) is 0 Å². The summed E-state index contributed by atoms with van der Waals surface area (Å²) in [7, 11) is 0. The summed E-state index contributed by atoms with van der Waals surface area (Å²) in [6, 6.07) is 5.17. The number of halogens is 3. The zero-order valence-corrected chi connectivity index (χ0v) is 22.5. The van der Waals surface area contributed by atoms with Gasteiger partial charge in [0.2, 0.25) is 5.91 Å². The zero-order chi connectivity index (χ0) is 26.9. The number of aromatic amines is 1. The van der Waals surface area contributed by atoms with E-state index in [0.717, 1.165) is 75.9 Å². The molecule has 5 nitrogen and oxygen atoms in total. The maximum Gasteiger partial charge on any atom is 0.393 e. The summed E-state index contributed by atoms with van der Waals surface area (Å²) in [6.07, 6.45) is 3.68. The Morgan fingerprint density at radius 2 is 2.08 bits per heavy atom. The molecule has 1 aromatic carbocycles. The summed E-state index contributed by atoms with van der Waals surface area (Å²) < 4.78 is 44.8. The number of nitrogens with zero attached hydrogens (tertiary/aromatic N) is 1. The fourth-order valence-corrected chi connectivity index (χ4v) is 7.08. The first-order valence-corrected chi connectivity index (χ1v) is 14.1. The number of carbonyl (C=O) groups excluding carboxylic acids is 1. The number of hydrogen-bond donors (Lipinski definition) is 2. The van der Waals surface area contributed by atoms with E-state index in [1.165, 1.54) is 11.3 Å². The van der Waals surface area contributed by atoms with Crippen LogP contribution in [0.4, 0.5) is 13.2 Å². The SMILES string of the molecule is CCNC(=O)/C=C/C1(CCN2CCC3Cc4[nH]c5ccc(CC(F)(F)F)cc5c4[C@H](C)C3C2)CCOCC1. The maximum atomic E-state index is 13.1. The highest BCUT2D eigenvalue weighted by Crippen LogP contribution is 2.47. The Balaban J connectivity index is 1.29. The van der Waals surface area contributed by atoms with Gasteiger partial charge in [0.15, 0.2) is 0 Å². The number of likely N-dealkylation sites (tertiary alicyclic amines) is 1. The van der Waals surface area contributed by atoms with E-state index in [1.807, 2.05) is 13.0 Å². The summed E-state index contributed by atoms with van der Waals surface area (Å²) in [5.41, 5.74) is 3.69. The Hall–Kier alpha value is -2.32. The van der Waals surface area contributed by atoms with Crippen LogP contribution in [0.1, 0.15) is 62.3 Å². The number of rotatable bonds is 7. The van der Waals surface area contributed by atoms with Gasteiger partial charge >= 0.3 is 6.18 Å². The van der Waals surface area contributed by atoms with E-state index in [-0.39, 0.29) is 17.2 Å². The van der Waals surface area contributed by atoms with Crippen molar-refractivity contribution in [1.82, 2.24) is 15.2 Å². The largest absolute Gasteiger partial charge is 0.393 e. The Bertz CT molecular complexity index is 1170. The molecule has 2 fully saturated rings. The molecule has 1 aliphatic carbocycles. The third-order valence-corrected chi connectivity index (χ3v) is 9.20. The standard InChI is InChI=1S/C30H40F3N3O2/c1-3-34-27(37)6-8-29(10-14-38-15-11-29)9-13-36-12-7-22-17-26-28(20(2)24(22)19-36)23-16-21(18-30(31,32)33)4-5-25(23)35-26/h4-6,8,16,20,22,24,35H,3,7,9-15,17-19H2,1-2H3,(H,34,37)/b8-6+/t20-,22?,24?/m1/s1. The summed E-state index contributed by atoms with van der Waals surface area (Å²) in [4.78, 5) is 18.2. The predicted molar refractivity (Wildman–Crippen MR) is 143 cm³/mol. The van der Waals surface area contributed by atoms with E-state index in [0.29, 0.717) is 23.9 Å². The molecule has 2 aliphatic heterocycles. The van der Waals surface area contributed by atoms with Crippen LogP contribution in [0.15, 0.2) is 30.4 Å². The molecule has 3 heterocycles. The number of amides is 1. The fraction of sp³-hybridized carbons (Fsp3) is 0.633. The van der Waals surface area contributed by atoms with Gasteiger partial charge in [-0.2, -0.15) is 13.2 Å². The molecule has 0 saturated carbocycles. The molecule has 208 valence electrons. The van der Waals surface area contributed by atoms with Crippen molar-refractivity contribution in [3.8, 4) is 0 Å². The van der Waals surface area contributed by atoms with Gasteiger partial charge in [0, 0.05) is 42.9 Å². The van der Waals surface area contributed by atoms with Crippen molar-refractivity contribution in [1.29, 1.82) is 0 Å². The number of aromatic nitrogens is 1. The third-order valence-electron chi connectivity index (χ3n) is 9.20. The van der Waals surface area contributed by atoms with Crippen LogP contribution in [-0.2, 0) is 22.4 Å². The highest BCUT2D eigenvalue weighted by Gasteiger charge is 2.40. The van der Waals surface area contributed by atoms with E-state index in [2.05, 4.69) is 28.2 Å². The number of carbonyl (C=O) groups is 1. The number of piperidine rings is 1. The number of likely N-dealkylation sites (N-methyl/N-ethyl adjacent to an activating group) is 1. The molecule has 0 radical (unpaired) electrons. The molecule has 1 amide bonds. The minimum absolute atomic E-state index is 0.0166. The van der Waals surface area contributed by atoms with Crippen molar-refractivity contribution in [2.45, 2.75) is 64.5 Å². The van der Waals surface area contributed by atoms with Gasteiger partial charge < -0.3 is 19.9 Å². The highest BCUT2D eigenvalue weighted by atomic mass is 19.4. The number of fused-ring (bicyclic) bond motifs is 4. The lowest BCUT2D eigenvalue weighted by Gasteiger charge is -2.45. The molecule has 0 bridgehead atoms. The van der Waals surface area contributed by atoms with E-state index in [1.54, 1.807) is 18.2 Å². The van der Waals surface area contributed by atoms with Crippen molar-refractivity contribution in [3.63, 3.8) is 0 Å². The summed E-state index contributed by atoms with van der Waals surface area (Å²) in [6.45, 7) is 9.30. The van der Waals surface area contributed by atoms with Crippen molar-refractivity contribution >= 4 is 16.8 Å². The number of nitrogens with one attached hydrogen (secondary N) is 2. The summed E-state index contributed by atoms with van der Waals surface area (Å²) in [5.74, 6) is 1.32. The van der Waals surface area contributed by atoms with Gasteiger partial charge in [0.05, 0.1) is 6.42 Å². The average Bonchev–Trinajstić information content (AvgIpc) is 3.24. The minimum Gasteiger partial charge on any atom is -0.381 e. The van der Waals surface area contributed by atoms with E-state index < -0.39 is 12.6 Å². The second kappa shape index (κ2) is 11.0. The molecule has 0 spiro atoms. The van der Waals surface area contributed by atoms with Gasteiger partial charge in [-0.25, -0.2) is 0 Å². The van der Waals surface area contributed by atoms with Gasteiger partial charge in [0.25, 0.3) is 0 Å². The molecule has 3 atom stereocenters. The first-order valence-electron chi connectivity index (χ1n) is 14.1. The molecule has 5 rings (SSSR count). The Morgan fingerprint density at radius 1 is 1.29 bits per heavy atom. The summed E-state index contributed by atoms with van der Waals surface area (Å²) >= 11 is 0. The number of hydrogen-bond acceptors (Lipinski definition) is 3. The predicted octanol–water partition coefficient (Wildman–Crippen LogP) is 5.75. The van der Waals surface area contributed by atoms with Crippen LogP contribution in [-0.4, -0.2) is 61.4 Å². The van der Waals surface area contributed by atoms with Gasteiger partial charge in [-0.1, -0.05) is 19.1 Å². The van der Waals surface area contributed by atoms with Crippen molar-refractivity contribution in [2.24, 2.45) is 17.3 Å². The first kappa shape index (κ1) is 27.3. The Labute approximate surface area is 223 Å². The van der Waals surface area contributed by atoms with E-state index in [9.17, 15) is 18.0 Å². The van der Waals surface area contributed by atoms with Crippen molar-refractivity contribution < 1.29 is 22.7 Å². The molecule has 2 saturated heterocycles. The summed E-state index contributed by atoms with van der Waals surface area (Å²) in [5, 5.41) is 3.81. The van der Waals surface area contributed by atoms with Crippen LogP contribution < -0.4 is 5.32 Å². The second-order valence-corrected chi connectivity index (χ2v) is 11.6. The number of H-pyrrole nitrogens is 1. The monoisotopic (exact) mass is 531 g/mol. The Morgan fingerprint density at radius 3 is 2.82 bits per heavy atom. The number of alkyl halides is 3.